The minimum atomic E-state index is -0.480. The average Bonchev–Trinajstić information content (AvgIpc) is 2.78. The molecule has 7 heteroatoms. The van der Waals surface area contributed by atoms with Gasteiger partial charge in [0.2, 0.25) is 5.78 Å². The first-order chi connectivity index (χ1) is 13.2. The first-order valence-corrected chi connectivity index (χ1v) is 9.37. The van der Waals surface area contributed by atoms with Gasteiger partial charge in [0, 0.05) is 22.8 Å². The third kappa shape index (κ3) is 3.19. The summed E-state index contributed by atoms with van der Waals surface area (Å²) in [6, 6.07) is 1.22. The highest BCUT2D eigenvalue weighted by Crippen LogP contribution is 2.48. The van der Waals surface area contributed by atoms with Crippen molar-refractivity contribution in [2.45, 2.75) is 33.8 Å². The maximum atomic E-state index is 13.6. The lowest BCUT2D eigenvalue weighted by Crippen LogP contribution is -2.10. The van der Waals surface area contributed by atoms with E-state index in [0.717, 1.165) is 5.57 Å². The minimum Gasteiger partial charge on any atom is -0.507 e. The van der Waals surface area contributed by atoms with E-state index < -0.39 is 5.78 Å². The number of halogens is 2. The average molecular weight is 423 g/mol. The van der Waals surface area contributed by atoms with Gasteiger partial charge in [-0.05, 0) is 32.8 Å². The molecule has 0 saturated heterocycles. The van der Waals surface area contributed by atoms with Crippen LogP contribution < -0.4 is 9.47 Å². The lowest BCUT2D eigenvalue weighted by molar-refractivity contribution is 0.103. The van der Waals surface area contributed by atoms with Gasteiger partial charge >= 0.3 is 0 Å². The summed E-state index contributed by atoms with van der Waals surface area (Å²) >= 11 is 12.8. The van der Waals surface area contributed by atoms with Crippen molar-refractivity contribution in [2.75, 3.05) is 7.11 Å². The molecule has 2 N–H and O–H groups in total. The Kier molecular flexibility index (Phi) is 5.50. The number of ether oxygens (including phenoxy) is 2. The van der Waals surface area contributed by atoms with Crippen LogP contribution in [0.15, 0.2) is 17.7 Å². The van der Waals surface area contributed by atoms with Crippen LogP contribution in [0.4, 0.5) is 0 Å². The topological polar surface area (TPSA) is 76.0 Å². The second kappa shape index (κ2) is 7.57. The summed E-state index contributed by atoms with van der Waals surface area (Å²) in [5.41, 5.74) is 2.47. The number of phenols is 2. The number of fused-ring (bicyclic) bond motifs is 2. The van der Waals surface area contributed by atoms with Gasteiger partial charge in [-0.3, -0.25) is 4.79 Å². The third-order valence-electron chi connectivity index (χ3n) is 4.74. The maximum Gasteiger partial charge on any atom is 0.201 e. The molecule has 5 nitrogen and oxygen atoms in total. The highest BCUT2D eigenvalue weighted by molar-refractivity contribution is 6.39. The van der Waals surface area contributed by atoms with Crippen molar-refractivity contribution in [3.8, 4) is 23.0 Å². The quantitative estimate of drug-likeness (QED) is 0.651. The Morgan fingerprint density at radius 2 is 1.89 bits per heavy atom. The second-order valence-corrected chi connectivity index (χ2v) is 7.60. The molecule has 0 fully saturated rings. The van der Waals surface area contributed by atoms with Gasteiger partial charge in [-0.25, -0.2) is 0 Å². The molecule has 0 aliphatic carbocycles. The Balaban J connectivity index is 2.37. The van der Waals surface area contributed by atoms with Crippen molar-refractivity contribution < 1.29 is 24.5 Å². The van der Waals surface area contributed by atoms with Crippen LogP contribution in [0.1, 0.15) is 46.5 Å². The lowest BCUT2D eigenvalue weighted by atomic mass is 9.90. The molecule has 1 aliphatic rings. The van der Waals surface area contributed by atoms with E-state index in [2.05, 4.69) is 0 Å². The van der Waals surface area contributed by atoms with Crippen LogP contribution in [0.2, 0.25) is 10.0 Å². The van der Waals surface area contributed by atoms with Gasteiger partial charge in [-0.2, -0.15) is 0 Å². The first-order valence-electron chi connectivity index (χ1n) is 8.62. The zero-order chi connectivity index (χ0) is 20.7. The normalized spacial score (nSPS) is 12.6. The minimum absolute atomic E-state index is 0.0744. The van der Waals surface area contributed by atoms with Crippen molar-refractivity contribution >= 4 is 29.0 Å². The van der Waals surface area contributed by atoms with Crippen LogP contribution in [-0.4, -0.2) is 23.1 Å². The summed E-state index contributed by atoms with van der Waals surface area (Å²) in [6.45, 7) is 5.44. The van der Waals surface area contributed by atoms with Crippen molar-refractivity contribution in [2.24, 2.45) is 0 Å². The summed E-state index contributed by atoms with van der Waals surface area (Å²) < 4.78 is 11.2. The van der Waals surface area contributed by atoms with Crippen LogP contribution in [0.25, 0.3) is 0 Å². The number of methoxy groups -OCH3 is 1. The largest absolute Gasteiger partial charge is 0.507 e. The molecule has 0 spiro atoms. The Morgan fingerprint density at radius 3 is 2.50 bits per heavy atom. The van der Waals surface area contributed by atoms with Crippen LogP contribution >= 0.6 is 23.2 Å². The number of carbonyl (C=O) groups excluding carboxylic acids is 1. The standard InChI is InChI=1S/C21H20Cl2O5/c1-9(2)5-6-11-13(24)7-14(25)12-8-28-21-16(19(26)15(11)12)20(27-4)17(22)10(3)18(21)23/h5,7,24-25H,6,8H2,1-4H3. The third-order valence-corrected chi connectivity index (χ3v) is 5.65. The van der Waals surface area contributed by atoms with E-state index in [1.54, 1.807) is 6.92 Å². The SMILES string of the molecule is COc1c(Cl)c(C)c(Cl)c2c1C(=O)c1c(CC=C(C)C)c(O)cc(O)c1CO2. The summed E-state index contributed by atoms with van der Waals surface area (Å²) in [4.78, 5) is 13.6. The van der Waals surface area contributed by atoms with Crippen LogP contribution in [0.5, 0.6) is 23.0 Å². The maximum absolute atomic E-state index is 13.6. The predicted molar refractivity (Wildman–Crippen MR) is 108 cm³/mol. The number of rotatable bonds is 3. The monoisotopic (exact) mass is 422 g/mol. The molecule has 2 aromatic carbocycles. The summed E-state index contributed by atoms with van der Waals surface area (Å²) in [7, 11) is 1.40. The smallest absolute Gasteiger partial charge is 0.201 e. The number of phenolic OH excluding ortho intramolecular Hbond substituents is 2. The molecule has 0 amide bonds. The summed E-state index contributed by atoms with van der Waals surface area (Å²) in [6.07, 6.45) is 2.20. The fraction of sp³-hybridized carbons (Fsp3) is 0.286. The van der Waals surface area contributed by atoms with E-state index in [-0.39, 0.29) is 56.3 Å². The molecule has 0 bridgehead atoms. The lowest BCUT2D eigenvalue weighted by Gasteiger charge is -2.17. The number of hydrogen-bond donors (Lipinski definition) is 2. The summed E-state index contributed by atoms with van der Waals surface area (Å²) in [5, 5.41) is 21.2. The number of ketones is 1. The van der Waals surface area contributed by atoms with E-state index in [9.17, 15) is 15.0 Å². The summed E-state index contributed by atoms with van der Waals surface area (Å²) in [5.74, 6) is -0.589. The zero-order valence-electron chi connectivity index (χ0n) is 15.9. The first kappa shape index (κ1) is 20.4. The predicted octanol–water partition coefficient (Wildman–Crippen LogP) is 5.35. The molecule has 1 aliphatic heterocycles. The van der Waals surface area contributed by atoms with Crippen LogP contribution in [0.3, 0.4) is 0 Å². The molecule has 28 heavy (non-hydrogen) atoms. The molecule has 2 aromatic rings. The molecule has 0 radical (unpaired) electrons. The molecule has 0 unspecified atom stereocenters. The highest BCUT2D eigenvalue weighted by Gasteiger charge is 2.34. The van der Waals surface area contributed by atoms with Gasteiger partial charge < -0.3 is 19.7 Å². The van der Waals surface area contributed by atoms with Gasteiger partial charge in [-0.1, -0.05) is 34.9 Å². The number of aromatic hydroxyl groups is 2. The van der Waals surface area contributed by atoms with E-state index in [1.807, 2.05) is 19.9 Å². The van der Waals surface area contributed by atoms with Crippen LogP contribution in [-0.2, 0) is 13.0 Å². The highest BCUT2D eigenvalue weighted by atomic mass is 35.5. The Bertz CT molecular complexity index is 1020. The van der Waals surface area contributed by atoms with Gasteiger partial charge in [0.25, 0.3) is 0 Å². The number of carbonyl (C=O) groups is 1. The van der Waals surface area contributed by atoms with E-state index in [0.29, 0.717) is 17.5 Å². The fourth-order valence-corrected chi connectivity index (χ4v) is 3.80. The van der Waals surface area contributed by atoms with Gasteiger partial charge in [0.05, 0.1) is 17.2 Å². The Hall–Kier alpha value is -2.37. The fourth-order valence-electron chi connectivity index (χ4n) is 3.24. The molecular formula is C21H20Cl2O5. The molecule has 1 heterocycles. The Labute approximate surface area is 173 Å². The van der Waals surface area contributed by atoms with Crippen molar-refractivity contribution in [3.63, 3.8) is 0 Å². The molecule has 0 aromatic heterocycles. The zero-order valence-corrected chi connectivity index (χ0v) is 17.5. The molecule has 0 atom stereocenters. The molecule has 3 rings (SSSR count). The molecule has 0 saturated carbocycles. The number of hydrogen-bond acceptors (Lipinski definition) is 5. The van der Waals surface area contributed by atoms with Crippen molar-refractivity contribution in [1.29, 1.82) is 0 Å². The van der Waals surface area contributed by atoms with Gasteiger partial charge in [-0.15, -0.1) is 0 Å². The van der Waals surface area contributed by atoms with E-state index >= 15 is 0 Å². The van der Waals surface area contributed by atoms with Crippen LogP contribution in [0, 0.1) is 6.92 Å². The van der Waals surface area contributed by atoms with Gasteiger partial charge in [0.1, 0.15) is 23.7 Å². The Morgan fingerprint density at radius 1 is 1.21 bits per heavy atom. The van der Waals surface area contributed by atoms with E-state index in [4.69, 9.17) is 32.7 Å². The van der Waals surface area contributed by atoms with Crippen molar-refractivity contribution in [3.05, 3.63) is 55.6 Å². The van der Waals surface area contributed by atoms with Crippen molar-refractivity contribution in [1.82, 2.24) is 0 Å². The number of benzene rings is 2. The molecular weight excluding hydrogens is 403 g/mol. The second-order valence-electron chi connectivity index (χ2n) is 6.84. The molecule has 148 valence electrons. The van der Waals surface area contributed by atoms with Gasteiger partial charge in [0.15, 0.2) is 11.5 Å². The van der Waals surface area contributed by atoms with E-state index in [1.165, 1.54) is 13.2 Å². The number of allylic oxidation sites excluding steroid dienone is 2.